The van der Waals surface area contributed by atoms with E-state index in [-0.39, 0.29) is 39.6 Å². The number of rotatable bonds is 13. The van der Waals surface area contributed by atoms with Gasteiger partial charge in [0, 0.05) is 11.5 Å². The molecule has 0 rings (SSSR count). The lowest BCUT2D eigenvalue weighted by atomic mass is 9.88. The van der Waals surface area contributed by atoms with Crippen molar-refractivity contribution >= 4 is 43.7 Å². The van der Waals surface area contributed by atoms with E-state index in [1.165, 1.54) is 0 Å². The molecule has 0 saturated heterocycles. The van der Waals surface area contributed by atoms with Crippen molar-refractivity contribution in [2.45, 2.75) is 26.7 Å². The van der Waals surface area contributed by atoms with Gasteiger partial charge in [0.05, 0.1) is 12.0 Å². The van der Waals surface area contributed by atoms with Gasteiger partial charge in [-0.05, 0) is 12.8 Å². The van der Waals surface area contributed by atoms with Crippen LogP contribution < -0.4 is 0 Å². The van der Waals surface area contributed by atoms with Crippen molar-refractivity contribution in [2.24, 2.45) is 5.41 Å². The van der Waals surface area contributed by atoms with Crippen LogP contribution in [0.1, 0.15) is 26.7 Å². The fraction of sp³-hybridized carbons (Fsp3) is 0.812. The molecule has 0 saturated carbocycles. The van der Waals surface area contributed by atoms with Crippen molar-refractivity contribution in [3.63, 3.8) is 0 Å². The molecule has 0 atom stereocenters. The summed E-state index contributed by atoms with van der Waals surface area (Å²) in [7, 11) is 0. The van der Waals surface area contributed by atoms with E-state index in [2.05, 4.69) is 25.3 Å². The Morgan fingerprint density at radius 1 is 0.667 bits per heavy atom. The van der Waals surface area contributed by atoms with Crippen LogP contribution >= 0.6 is 25.3 Å². The van der Waals surface area contributed by atoms with E-state index in [4.69, 9.17) is 28.4 Å². The molecule has 11 heteroatoms. The smallest absolute Gasteiger partial charge is 0.434 e. The van der Waals surface area contributed by atoms with E-state index < -0.39 is 23.9 Å². The maximum Gasteiger partial charge on any atom is 0.508 e. The lowest BCUT2D eigenvalue weighted by Gasteiger charge is -2.30. The van der Waals surface area contributed by atoms with Crippen LogP contribution in [0.25, 0.3) is 0 Å². The third-order valence-electron chi connectivity index (χ3n) is 3.29. The Morgan fingerprint density at radius 3 is 1.33 bits per heavy atom. The van der Waals surface area contributed by atoms with Crippen molar-refractivity contribution in [3.8, 4) is 0 Å². The first kappa shape index (κ1) is 25.5. The highest BCUT2D eigenvalue weighted by Crippen LogP contribution is 2.25. The lowest BCUT2D eigenvalue weighted by Crippen LogP contribution is -2.39. The third-order valence-corrected chi connectivity index (χ3v) is 3.65. The lowest BCUT2D eigenvalue weighted by molar-refractivity contribution is -0.0544. The molecule has 0 aliphatic rings. The summed E-state index contributed by atoms with van der Waals surface area (Å²) in [6.45, 7) is 3.43. The van der Waals surface area contributed by atoms with Gasteiger partial charge in [-0.15, -0.1) is 0 Å². The minimum Gasteiger partial charge on any atom is -0.434 e. The summed E-state index contributed by atoms with van der Waals surface area (Å²) in [6, 6.07) is 0. The summed E-state index contributed by atoms with van der Waals surface area (Å²) in [6.07, 6.45) is -1.63. The van der Waals surface area contributed by atoms with Gasteiger partial charge in [0.25, 0.3) is 0 Å². The summed E-state index contributed by atoms with van der Waals surface area (Å²) in [5, 5.41) is 0. The molecule has 0 unspecified atom stereocenters. The Kier molecular flexibility index (Phi) is 14.7. The molecule has 0 spiro atoms. The van der Waals surface area contributed by atoms with Crippen molar-refractivity contribution in [3.05, 3.63) is 0 Å². The summed E-state index contributed by atoms with van der Waals surface area (Å²) in [4.78, 5) is 34.7. The predicted molar refractivity (Wildman–Crippen MR) is 103 cm³/mol. The second-order valence-electron chi connectivity index (χ2n) is 5.46. The van der Waals surface area contributed by atoms with E-state index in [0.29, 0.717) is 24.3 Å². The molecule has 0 aromatic heterocycles. The first-order chi connectivity index (χ1) is 12.9. The van der Waals surface area contributed by atoms with Crippen molar-refractivity contribution in [1.29, 1.82) is 0 Å². The molecule has 0 heterocycles. The minimum absolute atomic E-state index is 0.0907. The van der Waals surface area contributed by atoms with E-state index in [1.807, 2.05) is 6.92 Å². The second-order valence-corrected chi connectivity index (χ2v) is 6.36. The zero-order chi connectivity index (χ0) is 20.5. The molecule has 27 heavy (non-hydrogen) atoms. The highest BCUT2D eigenvalue weighted by atomic mass is 32.1. The van der Waals surface area contributed by atoms with Gasteiger partial charge in [0.1, 0.15) is 33.0 Å². The highest BCUT2D eigenvalue weighted by molar-refractivity contribution is 7.80. The number of carbonyl (C=O) groups excluding carboxylic acids is 3. The maximum atomic E-state index is 11.6. The fourth-order valence-corrected chi connectivity index (χ4v) is 1.82. The molecule has 0 aliphatic heterocycles. The maximum absolute atomic E-state index is 11.6. The van der Waals surface area contributed by atoms with Crippen LogP contribution in [0.15, 0.2) is 0 Å². The summed E-state index contributed by atoms with van der Waals surface area (Å²) >= 11 is 7.85. The summed E-state index contributed by atoms with van der Waals surface area (Å²) in [5.74, 6) is 0.695. The molecule has 158 valence electrons. The Bertz CT molecular complexity index is 386. The Morgan fingerprint density at radius 2 is 1.04 bits per heavy atom. The average molecular weight is 429 g/mol. The Labute approximate surface area is 170 Å². The van der Waals surface area contributed by atoms with Crippen LogP contribution in [-0.2, 0) is 28.4 Å². The first-order valence-corrected chi connectivity index (χ1v) is 9.79. The quantitative estimate of drug-likeness (QED) is 0.260. The van der Waals surface area contributed by atoms with Crippen molar-refractivity contribution in [2.75, 3.05) is 51.1 Å². The van der Waals surface area contributed by atoms with Gasteiger partial charge in [-0.2, -0.15) is 25.3 Å². The van der Waals surface area contributed by atoms with Gasteiger partial charge in [-0.25, -0.2) is 14.4 Å². The molecule has 9 nitrogen and oxygen atoms in total. The largest absolute Gasteiger partial charge is 0.508 e. The zero-order valence-electron chi connectivity index (χ0n) is 15.6. The minimum atomic E-state index is -0.981. The standard InChI is InChI=1S/C16H28O9S2/c1-3-5-20-13(17)23-10-16(4-2,11-24-14(18)21-6-8-26)12-25-15(19)22-7-9-27/h26-27H,3-12H2,1-2H3. The van der Waals surface area contributed by atoms with Crippen LogP contribution in [0, 0.1) is 5.41 Å². The van der Waals surface area contributed by atoms with Crippen LogP contribution in [0.5, 0.6) is 0 Å². The molecule has 0 bridgehead atoms. The summed E-state index contributed by atoms with van der Waals surface area (Å²) in [5.41, 5.74) is -0.981. The number of thiol groups is 2. The van der Waals surface area contributed by atoms with Gasteiger partial charge >= 0.3 is 18.5 Å². The first-order valence-electron chi connectivity index (χ1n) is 8.53. The Balaban J connectivity index is 4.82. The number of hydrogen-bond donors (Lipinski definition) is 2. The molecule has 0 aliphatic carbocycles. The second kappa shape index (κ2) is 15.6. The van der Waals surface area contributed by atoms with E-state index in [9.17, 15) is 14.4 Å². The van der Waals surface area contributed by atoms with Gasteiger partial charge < -0.3 is 28.4 Å². The molecule has 0 aromatic rings. The number of hydrogen-bond acceptors (Lipinski definition) is 11. The number of carbonyl (C=O) groups is 3. The van der Waals surface area contributed by atoms with E-state index in [0.717, 1.165) is 0 Å². The SMILES string of the molecule is CCCOC(=O)OCC(CC)(COC(=O)OCCS)COC(=O)OCCS. The molecule has 0 amide bonds. The Hall–Kier alpha value is -1.49. The monoisotopic (exact) mass is 428 g/mol. The van der Waals surface area contributed by atoms with Crippen LogP contribution in [0.2, 0.25) is 0 Å². The fourth-order valence-electron chi connectivity index (χ4n) is 1.64. The normalized spacial score (nSPS) is 10.7. The van der Waals surface area contributed by atoms with Gasteiger partial charge in [0.15, 0.2) is 0 Å². The van der Waals surface area contributed by atoms with E-state index in [1.54, 1.807) is 6.92 Å². The molecular formula is C16H28O9S2. The van der Waals surface area contributed by atoms with E-state index >= 15 is 0 Å². The van der Waals surface area contributed by atoms with Crippen molar-refractivity contribution in [1.82, 2.24) is 0 Å². The summed E-state index contributed by atoms with van der Waals surface area (Å²) < 4.78 is 29.6. The highest BCUT2D eigenvalue weighted by Gasteiger charge is 2.35. The molecule has 0 radical (unpaired) electrons. The van der Waals surface area contributed by atoms with Gasteiger partial charge in [-0.3, -0.25) is 0 Å². The topological polar surface area (TPSA) is 107 Å². The van der Waals surface area contributed by atoms with Crippen molar-refractivity contribution < 1.29 is 42.8 Å². The molecule has 0 N–H and O–H groups in total. The predicted octanol–water partition coefficient (Wildman–Crippen LogP) is 3.11. The molecular weight excluding hydrogens is 400 g/mol. The number of ether oxygens (including phenoxy) is 6. The van der Waals surface area contributed by atoms with Crippen LogP contribution in [-0.4, -0.2) is 69.6 Å². The van der Waals surface area contributed by atoms with Crippen LogP contribution in [0.4, 0.5) is 14.4 Å². The zero-order valence-corrected chi connectivity index (χ0v) is 17.4. The van der Waals surface area contributed by atoms with Crippen LogP contribution in [0.3, 0.4) is 0 Å². The molecule has 0 fully saturated rings. The third kappa shape index (κ3) is 12.5. The van der Waals surface area contributed by atoms with Gasteiger partial charge in [-0.1, -0.05) is 13.8 Å². The molecule has 0 aromatic carbocycles. The average Bonchev–Trinajstić information content (AvgIpc) is 2.68. The van der Waals surface area contributed by atoms with Gasteiger partial charge in [0.2, 0.25) is 0 Å².